The molecule has 5 rings (SSSR count). The number of fused-ring (bicyclic) bond motifs is 1. The summed E-state index contributed by atoms with van der Waals surface area (Å²) in [6.07, 6.45) is 1.50. The molecule has 0 atom stereocenters. The molecule has 0 unspecified atom stereocenters. The average Bonchev–Trinajstić information content (AvgIpc) is 3.20. The first kappa shape index (κ1) is 27.2. The first-order valence-corrected chi connectivity index (χ1v) is 13.3. The number of methoxy groups -OCH3 is 1. The van der Waals surface area contributed by atoms with Gasteiger partial charge in [-0.3, -0.25) is 19.3 Å². The first-order valence-electron chi connectivity index (χ1n) is 12.1. The summed E-state index contributed by atoms with van der Waals surface area (Å²) in [7, 11) is 1.48. The van der Waals surface area contributed by atoms with E-state index in [1.165, 1.54) is 37.5 Å². The van der Waals surface area contributed by atoms with Gasteiger partial charge in [-0.15, -0.1) is 0 Å². The molecule has 0 bridgehead atoms. The van der Waals surface area contributed by atoms with E-state index in [2.05, 4.69) is 5.32 Å². The highest BCUT2D eigenvalue weighted by atomic mass is 35.5. The largest absolute Gasteiger partial charge is 0.493 e. The van der Waals surface area contributed by atoms with Crippen LogP contribution in [0.25, 0.3) is 16.8 Å². The van der Waals surface area contributed by atoms with Crippen molar-refractivity contribution in [1.29, 1.82) is 0 Å². The van der Waals surface area contributed by atoms with E-state index in [1.54, 1.807) is 12.1 Å². The maximum absolute atomic E-state index is 13.1. The third-order valence-electron chi connectivity index (χ3n) is 6.05. The van der Waals surface area contributed by atoms with Crippen molar-refractivity contribution in [3.63, 3.8) is 0 Å². The van der Waals surface area contributed by atoms with Crippen LogP contribution in [0.15, 0.2) is 83.8 Å². The van der Waals surface area contributed by atoms with Crippen LogP contribution in [0.5, 0.6) is 11.5 Å². The Bertz CT molecular complexity index is 1660. The minimum atomic E-state index is -0.615. The summed E-state index contributed by atoms with van der Waals surface area (Å²) in [5, 5.41) is 4.44. The minimum absolute atomic E-state index is 0.127. The summed E-state index contributed by atoms with van der Waals surface area (Å²) >= 11 is 7.24. The van der Waals surface area contributed by atoms with Crippen molar-refractivity contribution in [1.82, 2.24) is 4.90 Å². The maximum atomic E-state index is 13.1. The molecule has 0 aromatic heterocycles. The number of carbonyl (C=O) groups excluding carboxylic acids is 3. The van der Waals surface area contributed by atoms with E-state index in [1.807, 2.05) is 42.5 Å². The van der Waals surface area contributed by atoms with Gasteiger partial charge < -0.3 is 14.8 Å². The maximum Gasteiger partial charge on any atom is 0.294 e. The van der Waals surface area contributed by atoms with Gasteiger partial charge in [0.05, 0.1) is 17.0 Å². The van der Waals surface area contributed by atoms with E-state index >= 15 is 0 Å². The molecule has 10 heteroatoms. The van der Waals surface area contributed by atoms with Gasteiger partial charge >= 0.3 is 0 Å². The smallest absolute Gasteiger partial charge is 0.294 e. The van der Waals surface area contributed by atoms with Crippen LogP contribution in [-0.2, 0) is 16.2 Å². The summed E-state index contributed by atoms with van der Waals surface area (Å²) in [6.45, 7) is -0.218. The molecule has 4 aromatic rings. The molecule has 3 amide bonds. The molecule has 202 valence electrons. The molecule has 1 aliphatic rings. The molecular formula is C30H22ClFN2O5S. The SMILES string of the molecule is COc1cc(/C=C2\SC(=O)N(CC(=O)Nc3ccc(F)cc3)C2=O)cc(Cl)c1OCc1ccc2ccccc2c1. The van der Waals surface area contributed by atoms with Crippen LogP contribution in [0.3, 0.4) is 0 Å². The van der Waals surface area contributed by atoms with Crippen molar-refractivity contribution in [2.45, 2.75) is 6.61 Å². The van der Waals surface area contributed by atoms with Gasteiger partial charge in [0.1, 0.15) is 19.0 Å². The molecule has 7 nitrogen and oxygen atoms in total. The van der Waals surface area contributed by atoms with Crippen molar-refractivity contribution < 1.29 is 28.2 Å². The van der Waals surface area contributed by atoms with E-state index in [0.717, 1.165) is 21.2 Å². The Morgan fingerprint density at radius 2 is 1.77 bits per heavy atom. The van der Waals surface area contributed by atoms with Gasteiger partial charge in [0.15, 0.2) is 11.5 Å². The molecule has 0 aliphatic carbocycles. The second-order valence-corrected chi connectivity index (χ2v) is 10.2. The number of carbonyl (C=O) groups is 3. The standard InChI is InChI=1S/C30H22ClFN2O5S/c1-38-25-14-19(13-24(31)28(25)39-17-18-6-7-20-4-2-3-5-21(20)12-18)15-26-29(36)34(30(37)40-26)16-27(35)33-23-10-8-22(32)9-11-23/h2-15H,16-17H2,1H3,(H,33,35)/b26-15-. The Hall–Kier alpha value is -4.34. The number of nitrogens with zero attached hydrogens (tertiary/aromatic N) is 1. The summed E-state index contributed by atoms with van der Waals surface area (Å²) in [6, 6.07) is 22.5. The lowest BCUT2D eigenvalue weighted by Crippen LogP contribution is -2.36. The van der Waals surface area contributed by atoms with Gasteiger partial charge in [-0.2, -0.15) is 0 Å². The molecule has 1 N–H and O–H groups in total. The molecular weight excluding hydrogens is 555 g/mol. The van der Waals surface area contributed by atoms with Crippen LogP contribution in [0.4, 0.5) is 14.9 Å². The zero-order valence-corrected chi connectivity index (χ0v) is 22.7. The Balaban J connectivity index is 1.28. The van der Waals surface area contributed by atoms with Gasteiger partial charge in [-0.25, -0.2) is 4.39 Å². The van der Waals surface area contributed by atoms with Gasteiger partial charge in [0, 0.05) is 5.69 Å². The summed E-state index contributed by atoms with van der Waals surface area (Å²) < 4.78 is 24.6. The zero-order valence-electron chi connectivity index (χ0n) is 21.1. The van der Waals surface area contributed by atoms with Crippen molar-refractivity contribution in [2.24, 2.45) is 0 Å². The number of halogens is 2. The van der Waals surface area contributed by atoms with Crippen molar-refractivity contribution in [3.05, 3.63) is 106 Å². The van der Waals surface area contributed by atoms with Crippen molar-refractivity contribution in [3.8, 4) is 11.5 Å². The predicted molar refractivity (Wildman–Crippen MR) is 154 cm³/mol. The Kier molecular flexibility index (Phi) is 8.04. The molecule has 0 saturated carbocycles. The topological polar surface area (TPSA) is 84.9 Å². The van der Waals surface area contributed by atoms with Crippen molar-refractivity contribution in [2.75, 3.05) is 19.0 Å². The van der Waals surface area contributed by atoms with Gasteiger partial charge in [-0.05, 0) is 82.2 Å². The number of thioether (sulfide) groups is 1. The van der Waals surface area contributed by atoms with E-state index in [0.29, 0.717) is 34.5 Å². The van der Waals surface area contributed by atoms with Crippen LogP contribution in [-0.4, -0.2) is 35.6 Å². The highest BCUT2D eigenvalue weighted by Crippen LogP contribution is 2.39. The summed E-state index contributed by atoms with van der Waals surface area (Å²) in [5.41, 5.74) is 1.82. The van der Waals surface area contributed by atoms with Crippen LogP contribution >= 0.6 is 23.4 Å². The van der Waals surface area contributed by atoms with E-state index in [4.69, 9.17) is 21.1 Å². The second-order valence-electron chi connectivity index (χ2n) is 8.83. The summed E-state index contributed by atoms with van der Waals surface area (Å²) in [4.78, 5) is 38.7. The highest BCUT2D eigenvalue weighted by Gasteiger charge is 2.36. The number of nitrogens with one attached hydrogen (secondary N) is 1. The van der Waals surface area contributed by atoms with Gasteiger partial charge in [0.2, 0.25) is 5.91 Å². The first-order chi connectivity index (χ1) is 19.3. The Morgan fingerprint density at radius 3 is 2.52 bits per heavy atom. The fraction of sp³-hybridized carbons (Fsp3) is 0.100. The summed E-state index contributed by atoms with van der Waals surface area (Å²) in [5.74, 6) is -0.948. The van der Waals surface area contributed by atoms with E-state index < -0.39 is 29.4 Å². The molecule has 4 aromatic carbocycles. The Labute approximate surface area is 238 Å². The predicted octanol–water partition coefficient (Wildman–Crippen LogP) is 6.89. The van der Waals surface area contributed by atoms with Crippen LogP contribution in [0.1, 0.15) is 11.1 Å². The second kappa shape index (κ2) is 11.8. The lowest BCUT2D eigenvalue weighted by molar-refractivity contribution is -0.127. The number of benzene rings is 4. The van der Waals surface area contributed by atoms with Crippen molar-refractivity contribution >= 4 is 63.0 Å². The zero-order chi connectivity index (χ0) is 28.2. The molecule has 0 spiro atoms. The van der Waals surface area contributed by atoms with Gasteiger partial charge in [-0.1, -0.05) is 48.0 Å². The number of anilines is 1. The number of amides is 3. The minimum Gasteiger partial charge on any atom is -0.493 e. The quantitative estimate of drug-likeness (QED) is 0.230. The molecule has 1 saturated heterocycles. The van der Waals surface area contributed by atoms with E-state index in [9.17, 15) is 18.8 Å². The lowest BCUT2D eigenvalue weighted by atomic mass is 10.1. The highest BCUT2D eigenvalue weighted by molar-refractivity contribution is 8.18. The van der Waals surface area contributed by atoms with Crippen LogP contribution in [0, 0.1) is 5.82 Å². The number of imide groups is 1. The molecule has 40 heavy (non-hydrogen) atoms. The molecule has 1 fully saturated rings. The Morgan fingerprint density at radius 1 is 1.02 bits per heavy atom. The number of rotatable bonds is 8. The van der Waals surface area contributed by atoms with Crippen LogP contribution < -0.4 is 14.8 Å². The number of ether oxygens (including phenoxy) is 2. The van der Waals surface area contributed by atoms with Crippen LogP contribution in [0.2, 0.25) is 5.02 Å². The third-order valence-corrected chi connectivity index (χ3v) is 7.24. The lowest BCUT2D eigenvalue weighted by Gasteiger charge is -2.14. The fourth-order valence-corrected chi connectivity index (χ4v) is 5.22. The van der Waals surface area contributed by atoms with Gasteiger partial charge in [0.25, 0.3) is 11.1 Å². The third kappa shape index (κ3) is 6.11. The fourth-order valence-electron chi connectivity index (χ4n) is 4.11. The monoisotopic (exact) mass is 576 g/mol. The molecule has 1 heterocycles. The number of hydrogen-bond acceptors (Lipinski definition) is 6. The normalized spacial score (nSPS) is 14.2. The average molecular weight is 577 g/mol. The van der Waals surface area contributed by atoms with E-state index in [-0.39, 0.29) is 16.5 Å². The number of hydrogen-bond donors (Lipinski definition) is 1. The molecule has 0 radical (unpaired) electrons. The molecule has 1 aliphatic heterocycles.